The Kier molecular flexibility index (Phi) is 19.7. The summed E-state index contributed by atoms with van der Waals surface area (Å²) in [6, 6.07) is 7.10. The Morgan fingerprint density at radius 2 is 0.897 bits per heavy atom. The third-order valence-electron chi connectivity index (χ3n) is 14.8. The lowest BCUT2D eigenvalue weighted by Crippen LogP contribution is -2.59. The molecule has 0 N–H and O–H groups in total. The van der Waals surface area contributed by atoms with Gasteiger partial charge < -0.3 is 27.8 Å². The van der Waals surface area contributed by atoms with E-state index in [1.54, 1.807) is 0 Å². The molecule has 6 rings (SSSR count). The van der Waals surface area contributed by atoms with Crippen LogP contribution in [0.4, 0.5) is 0 Å². The number of ether oxygens (including phenoxy) is 4. The molecule has 0 saturated carbocycles. The van der Waals surface area contributed by atoms with Crippen molar-refractivity contribution in [2.75, 3.05) is 37.2 Å². The van der Waals surface area contributed by atoms with Gasteiger partial charge in [0.25, 0.3) is 0 Å². The molecule has 4 heterocycles. The van der Waals surface area contributed by atoms with Crippen molar-refractivity contribution in [1.82, 2.24) is 0 Å². The Bertz CT molecular complexity index is 1200. The number of allylic oxidation sites excluding steroid dienone is 2. The highest BCUT2D eigenvalue weighted by molar-refractivity contribution is 8.19. The fourth-order valence-corrected chi connectivity index (χ4v) is 22.8. The molecule has 0 aromatic rings. The summed E-state index contributed by atoms with van der Waals surface area (Å²) < 4.78 is 40.4. The van der Waals surface area contributed by atoms with Crippen molar-refractivity contribution in [3.63, 3.8) is 0 Å². The van der Waals surface area contributed by atoms with E-state index in [9.17, 15) is 0 Å². The van der Waals surface area contributed by atoms with Crippen LogP contribution in [0.1, 0.15) is 145 Å². The van der Waals surface area contributed by atoms with Gasteiger partial charge in [0, 0.05) is 14.2 Å². The van der Waals surface area contributed by atoms with E-state index in [1.807, 2.05) is 14.2 Å². The summed E-state index contributed by atoms with van der Waals surface area (Å²) in [4.78, 5) is 0. The molecule has 0 unspecified atom stereocenters. The fourth-order valence-electron chi connectivity index (χ4n) is 10.3. The third-order valence-corrected chi connectivity index (χ3v) is 31.0. The second-order valence-electron chi connectivity index (χ2n) is 18.3. The molecule has 0 aromatic carbocycles. The average molecular weight is 918 g/mol. The molecule has 6 atom stereocenters. The molecule has 2 spiro atoms. The van der Waals surface area contributed by atoms with Crippen LogP contribution < -0.4 is 0 Å². The SMILES string of the molecule is CC[Si](CC)(CC)O[C@@H](C1=CCCCC1)[C@@]1(C)CCC2(SCCCS2)[C@H](OC)O1.CC[Si](CC)(CC)O[C@@H](C1=CCCCC1)[C@@]1(C)CCC2(SCCCS2)[C@H](OC)O1. The Morgan fingerprint density at radius 1 is 0.552 bits per heavy atom. The van der Waals surface area contributed by atoms with Gasteiger partial charge in [0.05, 0.1) is 23.4 Å². The number of hydrogen-bond acceptors (Lipinski definition) is 10. The summed E-state index contributed by atoms with van der Waals surface area (Å²) in [6.07, 6.45) is 21.7. The minimum absolute atomic E-state index is 0.0623. The van der Waals surface area contributed by atoms with Crippen LogP contribution in [0.5, 0.6) is 0 Å². The molecule has 6 aliphatic rings. The molecule has 12 heteroatoms. The maximum absolute atomic E-state index is 7.21. The zero-order chi connectivity index (χ0) is 41.9. The van der Waals surface area contributed by atoms with Crippen LogP contribution >= 0.6 is 47.0 Å². The minimum atomic E-state index is -1.75. The zero-order valence-corrected chi connectivity index (χ0v) is 43.8. The molecule has 0 bridgehead atoms. The van der Waals surface area contributed by atoms with Crippen molar-refractivity contribution in [2.24, 2.45) is 0 Å². The highest BCUT2D eigenvalue weighted by Crippen LogP contribution is 2.57. The molecular formula is C46H84O6S4Si2. The number of hydrogen-bond donors (Lipinski definition) is 0. The highest BCUT2D eigenvalue weighted by atomic mass is 32.2. The molecule has 0 aromatic heterocycles. The smallest absolute Gasteiger partial charge is 0.193 e. The van der Waals surface area contributed by atoms with E-state index in [-0.39, 0.29) is 44.1 Å². The lowest BCUT2D eigenvalue weighted by Gasteiger charge is -2.53. The molecule has 336 valence electrons. The van der Waals surface area contributed by atoms with E-state index in [0.717, 1.165) is 38.5 Å². The summed E-state index contributed by atoms with van der Waals surface area (Å²) in [7, 11) is 0.157. The fraction of sp³-hybridized carbons (Fsp3) is 0.913. The van der Waals surface area contributed by atoms with E-state index in [4.69, 9.17) is 27.8 Å². The van der Waals surface area contributed by atoms with Crippen molar-refractivity contribution in [2.45, 2.75) is 226 Å². The lowest BCUT2D eigenvalue weighted by atomic mass is 9.82. The monoisotopic (exact) mass is 916 g/mol. The summed E-state index contributed by atoms with van der Waals surface area (Å²) in [5.41, 5.74) is 2.40. The molecule has 0 amide bonds. The summed E-state index contributed by atoms with van der Waals surface area (Å²) in [6.45, 7) is 18.6. The molecule has 4 fully saturated rings. The molecular weight excluding hydrogens is 833 g/mol. The van der Waals surface area contributed by atoms with Gasteiger partial charge in [-0.1, -0.05) is 53.7 Å². The third kappa shape index (κ3) is 11.5. The van der Waals surface area contributed by atoms with E-state index >= 15 is 0 Å². The minimum Gasteiger partial charge on any atom is -0.407 e. The molecule has 4 saturated heterocycles. The van der Waals surface area contributed by atoms with E-state index < -0.39 is 16.6 Å². The van der Waals surface area contributed by atoms with Crippen LogP contribution in [0.25, 0.3) is 0 Å². The summed E-state index contributed by atoms with van der Waals surface area (Å²) >= 11 is 8.24. The van der Waals surface area contributed by atoms with Crippen molar-refractivity contribution < 1.29 is 27.8 Å². The topological polar surface area (TPSA) is 55.4 Å². The standard InChI is InChI=1S/2C23H42O3S2Si/c2*1-6-29(7-2,8-3)26-20(19-13-10-9-11-14-19)22(4)15-16-23(21(24-5)25-22)27-17-12-18-28-23/h2*13,20-21H,6-12,14-18H2,1-5H3/t2*20-,21+,22+/m00/s1. The predicted molar refractivity (Wildman–Crippen MR) is 261 cm³/mol. The van der Waals surface area contributed by atoms with Gasteiger partial charge in [0.15, 0.2) is 29.2 Å². The number of thioether (sulfide) groups is 4. The van der Waals surface area contributed by atoms with Gasteiger partial charge in [0.1, 0.15) is 8.16 Å². The van der Waals surface area contributed by atoms with Gasteiger partial charge in [-0.25, -0.2) is 0 Å². The van der Waals surface area contributed by atoms with Crippen LogP contribution in [0.15, 0.2) is 23.3 Å². The summed E-state index contributed by atoms with van der Waals surface area (Å²) in [5.74, 6) is 4.87. The van der Waals surface area contributed by atoms with Crippen molar-refractivity contribution >= 4 is 63.7 Å². The van der Waals surface area contributed by atoms with E-state index in [2.05, 4.69) is 115 Å². The normalized spacial score (nSPS) is 31.5. The quantitative estimate of drug-likeness (QED) is 0.111. The largest absolute Gasteiger partial charge is 0.407 e. The van der Waals surface area contributed by atoms with Gasteiger partial charge in [-0.2, -0.15) is 0 Å². The van der Waals surface area contributed by atoms with Crippen molar-refractivity contribution in [3.05, 3.63) is 23.3 Å². The Labute approximate surface area is 375 Å². The highest BCUT2D eigenvalue weighted by Gasteiger charge is 2.57. The first-order chi connectivity index (χ1) is 27.9. The van der Waals surface area contributed by atoms with Gasteiger partial charge in [-0.15, -0.1) is 47.0 Å². The van der Waals surface area contributed by atoms with Gasteiger partial charge in [0.2, 0.25) is 0 Å². The first-order valence-corrected chi connectivity index (χ1v) is 32.6. The average Bonchev–Trinajstić information content (AvgIpc) is 3.28. The van der Waals surface area contributed by atoms with Gasteiger partial charge >= 0.3 is 0 Å². The lowest BCUT2D eigenvalue weighted by molar-refractivity contribution is -0.243. The van der Waals surface area contributed by atoms with Gasteiger partial charge in [-0.05, 0) is 174 Å². The molecule has 58 heavy (non-hydrogen) atoms. The molecule has 0 radical (unpaired) electrons. The van der Waals surface area contributed by atoms with Crippen LogP contribution in [-0.2, 0) is 27.8 Å². The van der Waals surface area contributed by atoms with Crippen LogP contribution in [0, 0.1) is 0 Å². The maximum atomic E-state index is 7.21. The number of rotatable bonds is 16. The van der Waals surface area contributed by atoms with Crippen molar-refractivity contribution in [3.8, 4) is 0 Å². The second-order valence-corrected chi connectivity index (χ2v) is 33.9. The Morgan fingerprint density at radius 3 is 1.17 bits per heavy atom. The predicted octanol–water partition coefficient (Wildman–Crippen LogP) is 14.0. The second kappa shape index (κ2) is 22.8. The Balaban J connectivity index is 0.000000221. The zero-order valence-electron chi connectivity index (χ0n) is 38.5. The van der Waals surface area contributed by atoms with Crippen LogP contribution in [0.3, 0.4) is 0 Å². The first kappa shape index (κ1) is 50.1. The Hall–Kier alpha value is 1.07. The number of methoxy groups -OCH3 is 2. The summed E-state index contributed by atoms with van der Waals surface area (Å²) in [5, 5.41) is 0. The van der Waals surface area contributed by atoms with Gasteiger partial charge in [-0.3, -0.25) is 0 Å². The van der Waals surface area contributed by atoms with Crippen molar-refractivity contribution in [1.29, 1.82) is 0 Å². The van der Waals surface area contributed by atoms with Crippen LogP contribution in [0.2, 0.25) is 36.3 Å². The molecule has 4 aliphatic heterocycles. The van der Waals surface area contributed by atoms with E-state index in [1.165, 1.54) is 122 Å². The maximum Gasteiger partial charge on any atom is 0.193 e. The van der Waals surface area contributed by atoms with E-state index in [0.29, 0.717) is 0 Å². The molecule has 6 nitrogen and oxygen atoms in total. The first-order valence-electron chi connectivity index (χ1n) is 23.6. The molecule has 2 aliphatic carbocycles. The van der Waals surface area contributed by atoms with Crippen LogP contribution in [-0.4, -0.2) is 98.0 Å².